The Morgan fingerprint density at radius 2 is 2.16 bits per heavy atom. The van der Waals surface area contributed by atoms with Crippen LogP contribution in [0.5, 0.6) is 0 Å². The summed E-state index contributed by atoms with van der Waals surface area (Å²) in [5.74, 6) is 0.987. The van der Waals surface area contributed by atoms with E-state index < -0.39 is 0 Å². The summed E-state index contributed by atoms with van der Waals surface area (Å²) in [6.45, 7) is 3.74. The monoisotopic (exact) mass is 261 g/mol. The number of hydrogen-bond donors (Lipinski definition) is 0. The van der Waals surface area contributed by atoms with Gasteiger partial charge in [-0.3, -0.25) is 4.90 Å². The van der Waals surface area contributed by atoms with Gasteiger partial charge < -0.3 is 13.9 Å². The lowest BCUT2D eigenvalue weighted by atomic mass is 10.2. The molecular weight excluding hydrogens is 242 g/mol. The number of para-hydroxylation sites is 1. The van der Waals surface area contributed by atoms with E-state index in [2.05, 4.69) is 24.1 Å². The Kier molecular flexibility index (Phi) is 3.82. The fourth-order valence-electron chi connectivity index (χ4n) is 2.43. The molecule has 2 aromatic rings. The fraction of sp³-hybridized carbons (Fsp3) is 0.467. The molecule has 1 aliphatic rings. The first-order valence-corrected chi connectivity index (χ1v) is 6.66. The normalized spacial score (nSPS) is 20.2. The van der Waals surface area contributed by atoms with Crippen LogP contribution >= 0.6 is 0 Å². The average molecular weight is 261 g/mol. The molecule has 1 aromatic carbocycles. The summed E-state index contributed by atoms with van der Waals surface area (Å²) in [5, 5.41) is 1.16. The molecule has 1 aromatic heterocycles. The van der Waals surface area contributed by atoms with Crippen LogP contribution in [0.15, 0.2) is 34.7 Å². The van der Waals surface area contributed by atoms with Crippen molar-refractivity contribution in [3.05, 3.63) is 36.1 Å². The summed E-state index contributed by atoms with van der Waals surface area (Å²) in [6.07, 6.45) is 0.170. The Bertz CT molecular complexity index is 498. The summed E-state index contributed by atoms with van der Waals surface area (Å²) < 4.78 is 16.9. The lowest BCUT2D eigenvalue weighted by Gasteiger charge is -2.26. The first kappa shape index (κ1) is 12.7. The van der Waals surface area contributed by atoms with Gasteiger partial charge in [-0.15, -0.1) is 0 Å². The summed E-state index contributed by atoms with van der Waals surface area (Å²) in [4.78, 5) is 2.21. The van der Waals surface area contributed by atoms with Crippen molar-refractivity contribution in [3.63, 3.8) is 0 Å². The molecule has 1 fully saturated rings. The summed E-state index contributed by atoms with van der Waals surface area (Å²) in [7, 11) is 2.07. The highest BCUT2D eigenvalue weighted by atomic mass is 16.6. The van der Waals surface area contributed by atoms with Crippen LogP contribution in [0.3, 0.4) is 0 Å². The van der Waals surface area contributed by atoms with Gasteiger partial charge in [0.15, 0.2) is 0 Å². The second-order valence-corrected chi connectivity index (χ2v) is 5.02. The SMILES string of the molecule is CN(Cc1cc2ccccc2o1)C[C@@H]1COCCO1. The number of rotatable bonds is 4. The Balaban J connectivity index is 1.60. The quantitative estimate of drug-likeness (QED) is 0.845. The van der Waals surface area contributed by atoms with Gasteiger partial charge in [0.1, 0.15) is 11.3 Å². The van der Waals surface area contributed by atoms with E-state index in [1.54, 1.807) is 0 Å². The molecule has 0 spiro atoms. The third-order valence-electron chi connectivity index (χ3n) is 3.30. The second kappa shape index (κ2) is 5.74. The molecule has 0 unspecified atom stereocenters. The molecule has 1 saturated heterocycles. The van der Waals surface area contributed by atoms with E-state index in [1.807, 2.05) is 18.2 Å². The van der Waals surface area contributed by atoms with E-state index in [-0.39, 0.29) is 6.10 Å². The molecule has 0 radical (unpaired) electrons. The molecule has 0 saturated carbocycles. The zero-order valence-corrected chi connectivity index (χ0v) is 11.2. The second-order valence-electron chi connectivity index (χ2n) is 5.02. The minimum atomic E-state index is 0.170. The zero-order valence-electron chi connectivity index (χ0n) is 11.2. The van der Waals surface area contributed by atoms with E-state index in [9.17, 15) is 0 Å². The van der Waals surface area contributed by atoms with Crippen molar-refractivity contribution in [2.24, 2.45) is 0 Å². The maximum Gasteiger partial charge on any atom is 0.134 e. The van der Waals surface area contributed by atoms with Crippen LogP contribution in [0.4, 0.5) is 0 Å². The number of nitrogens with zero attached hydrogens (tertiary/aromatic N) is 1. The van der Waals surface area contributed by atoms with E-state index >= 15 is 0 Å². The zero-order chi connectivity index (χ0) is 13.1. The number of furan rings is 1. The largest absolute Gasteiger partial charge is 0.460 e. The molecule has 0 aliphatic carbocycles. The van der Waals surface area contributed by atoms with Gasteiger partial charge in [-0.1, -0.05) is 18.2 Å². The molecule has 4 heteroatoms. The van der Waals surface area contributed by atoms with E-state index in [0.29, 0.717) is 19.8 Å². The Morgan fingerprint density at radius 3 is 2.95 bits per heavy atom. The lowest BCUT2D eigenvalue weighted by Crippen LogP contribution is -2.38. The molecular formula is C15H19NO3. The van der Waals surface area contributed by atoms with E-state index in [4.69, 9.17) is 13.9 Å². The van der Waals surface area contributed by atoms with Crippen LogP contribution in [0, 0.1) is 0 Å². The third-order valence-corrected chi connectivity index (χ3v) is 3.30. The molecule has 4 nitrogen and oxygen atoms in total. The molecule has 0 bridgehead atoms. The lowest BCUT2D eigenvalue weighted by molar-refractivity contribution is -0.0965. The maximum absolute atomic E-state index is 5.81. The van der Waals surface area contributed by atoms with Crippen LogP contribution < -0.4 is 0 Å². The topological polar surface area (TPSA) is 34.8 Å². The van der Waals surface area contributed by atoms with E-state index in [0.717, 1.165) is 29.8 Å². The summed E-state index contributed by atoms with van der Waals surface area (Å²) in [6, 6.07) is 10.2. The predicted octanol–water partition coefficient (Wildman–Crippen LogP) is 2.28. The Hall–Kier alpha value is -1.36. The van der Waals surface area contributed by atoms with Crippen molar-refractivity contribution in [2.75, 3.05) is 33.4 Å². The minimum absolute atomic E-state index is 0.170. The molecule has 102 valence electrons. The van der Waals surface area contributed by atoms with Crippen molar-refractivity contribution < 1.29 is 13.9 Å². The number of likely N-dealkylation sites (N-methyl/N-ethyl adjacent to an activating group) is 1. The van der Waals surface area contributed by atoms with Crippen molar-refractivity contribution in [1.82, 2.24) is 4.90 Å². The van der Waals surface area contributed by atoms with Gasteiger partial charge in [-0.05, 0) is 19.2 Å². The molecule has 1 aliphatic heterocycles. The third kappa shape index (κ3) is 3.15. The van der Waals surface area contributed by atoms with Gasteiger partial charge >= 0.3 is 0 Å². The highest BCUT2D eigenvalue weighted by Gasteiger charge is 2.17. The van der Waals surface area contributed by atoms with Crippen LogP contribution in [-0.4, -0.2) is 44.4 Å². The standard InChI is InChI=1S/C15H19NO3/c1-16(10-14-11-17-6-7-18-14)9-13-8-12-4-2-3-5-15(12)19-13/h2-5,8,14H,6-7,9-11H2,1H3/t14-/m1/s1. The van der Waals surface area contributed by atoms with Crippen molar-refractivity contribution in [1.29, 1.82) is 0 Å². The number of ether oxygens (including phenoxy) is 2. The Morgan fingerprint density at radius 1 is 1.26 bits per heavy atom. The van der Waals surface area contributed by atoms with Crippen LogP contribution in [0.2, 0.25) is 0 Å². The fourth-order valence-corrected chi connectivity index (χ4v) is 2.43. The number of benzene rings is 1. The van der Waals surface area contributed by atoms with Crippen molar-refractivity contribution in [3.8, 4) is 0 Å². The predicted molar refractivity (Wildman–Crippen MR) is 73.1 cm³/mol. The van der Waals surface area contributed by atoms with Crippen LogP contribution in [-0.2, 0) is 16.0 Å². The highest BCUT2D eigenvalue weighted by Crippen LogP contribution is 2.19. The van der Waals surface area contributed by atoms with Gasteiger partial charge in [0.05, 0.1) is 32.5 Å². The van der Waals surface area contributed by atoms with Crippen LogP contribution in [0.1, 0.15) is 5.76 Å². The minimum Gasteiger partial charge on any atom is -0.460 e. The van der Waals surface area contributed by atoms with Gasteiger partial charge in [0.25, 0.3) is 0 Å². The van der Waals surface area contributed by atoms with Gasteiger partial charge in [0.2, 0.25) is 0 Å². The van der Waals surface area contributed by atoms with E-state index in [1.165, 1.54) is 0 Å². The molecule has 0 N–H and O–H groups in total. The number of fused-ring (bicyclic) bond motifs is 1. The molecule has 19 heavy (non-hydrogen) atoms. The van der Waals surface area contributed by atoms with Gasteiger partial charge in [-0.2, -0.15) is 0 Å². The Labute approximate surface area is 112 Å². The van der Waals surface area contributed by atoms with Crippen molar-refractivity contribution in [2.45, 2.75) is 12.6 Å². The smallest absolute Gasteiger partial charge is 0.134 e. The number of hydrogen-bond acceptors (Lipinski definition) is 4. The summed E-state index contributed by atoms with van der Waals surface area (Å²) in [5.41, 5.74) is 0.947. The molecule has 1 atom stereocenters. The molecule has 0 amide bonds. The summed E-state index contributed by atoms with van der Waals surface area (Å²) >= 11 is 0. The van der Waals surface area contributed by atoms with Gasteiger partial charge in [0, 0.05) is 11.9 Å². The van der Waals surface area contributed by atoms with Crippen LogP contribution in [0.25, 0.3) is 11.0 Å². The molecule has 2 heterocycles. The first-order valence-electron chi connectivity index (χ1n) is 6.66. The first-order chi connectivity index (χ1) is 9.31. The average Bonchev–Trinajstić information content (AvgIpc) is 2.81. The maximum atomic E-state index is 5.81. The molecule has 3 rings (SSSR count). The van der Waals surface area contributed by atoms with Crippen molar-refractivity contribution >= 4 is 11.0 Å². The highest BCUT2D eigenvalue weighted by molar-refractivity contribution is 5.77. The van der Waals surface area contributed by atoms with Gasteiger partial charge in [-0.25, -0.2) is 0 Å².